The highest BCUT2D eigenvalue weighted by Crippen LogP contribution is 2.01. The van der Waals surface area contributed by atoms with E-state index in [0.29, 0.717) is 12.8 Å². The molecule has 0 aliphatic rings. The van der Waals surface area contributed by atoms with Crippen LogP contribution >= 0.6 is 0 Å². The summed E-state index contributed by atoms with van der Waals surface area (Å²) >= 11 is 0. The minimum absolute atomic E-state index is 0.136. The summed E-state index contributed by atoms with van der Waals surface area (Å²) in [7, 11) is 0. The molecule has 0 radical (unpaired) electrons. The second-order valence-corrected chi connectivity index (χ2v) is 3.53. The normalized spacial score (nSPS) is 10.0. The smallest absolute Gasteiger partial charge is 0.144 e. The molecule has 0 saturated heterocycles. The number of ketones is 1. The van der Waals surface area contributed by atoms with Gasteiger partial charge in [-0.15, -0.1) is 0 Å². The van der Waals surface area contributed by atoms with Gasteiger partial charge in [0.2, 0.25) is 0 Å². The van der Waals surface area contributed by atoms with E-state index in [4.69, 9.17) is 0 Å². The number of carbonyl (C=O) groups excluding carboxylic acids is 1. The minimum Gasteiger partial charge on any atom is -0.299 e. The van der Waals surface area contributed by atoms with Gasteiger partial charge in [0, 0.05) is 36.6 Å². The fourth-order valence-electron chi connectivity index (χ4n) is 1.47. The molecule has 0 aliphatic carbocycles. The Morgan fingerprint density at radius 3 is 1.75 bits per heavy atom. The van der Waals surface area contributed by atoms with Crippen LogP contribution < -0.4 is 0 Å². The van der Waals surface area contributed by atoms with E-state index >= 15 is 0 Å². The summed E-state index contributed by atoms with van der Waals surface area (Å²) in [4.78, 5) is 19.9. The molecule has 2 heterocycles. The predicted molar refractivity (Wildman–Crippen MR) is 60.9 cm³/mol. The van der Waals surface area contributed by atoms with Crippen LogP contribution in [0.5, 0.6) is 0 Å². The van der Waals surface area contributed by atoms with Gasteiger partial charge in [0.25, 0.3) is 0 Å². The summed E-state index contributed by atoms with van der Waals surface area (Å²) in [6.07, 6.45) is 4.14. The first-order valence-corrected chi connectivity index (χ1v) is 5.16. The van der Waals surface area contributed by atoms with Gasteiger partial charge in [0.15, 0.2) is 0 Å². The van der Waals surface area contributed by atoms with Crippen molar-refractivity contribution in [1.29, 1.82) is 0 Å². The number of pyridine rings is 2. The number of hydrogen-bond acceptors (Lipinski definition) is 3. The Labute approximate surface area is 94.2 Å². The van der Waals surface area contributed by atoms with Crippen LogP contribution in [-0.2, 0) is 17.6 Å². The topological polar surface area (TPSA) is 42.9 Å². The zero-order valence-corrected chi connectivity index (χ0v) is 8.84. The van der Waals surface area contributed by atoms with Gasteiger partial charge in [0.05, 0.1) is 0 Å². The Morgan fingerprint density at radius 2 is 1.38 bits per heavy atom. The van der Waals surface area contributed by atoms with Crippen LogP contribution in [0.2, 0.25) is 0 Å². The van der Waals surface area contributed by atoms with E-state index < -0.39 is 0 Å². The molecule has 0 bridgehead atoms. The number of hydrogen-bond donors (Lipinski definition) is 0. The Bertz CT molecular complexity index is 410. The van der Waals surface area contributed by atoms with Crippen molar-refractivity contribution in [2.75, 3.05) is 0 Å². The second kappa shape index (κ2) is 5.16. The molecule has 0 amide bonds. The number of carbonyl (C=O) groups is 1. The van der Waals surface area contributed by atoms with Crippen LogP contribution in [0.15, 0.2) is 48.8 Å². The van der Waals surface area contributed by atoms with Crippen LogP contribution in [0, 0.1) is 0 Å². The molecular weight excluding hydrogens is 200 g/mol. The summed E-state index contributed by atoms with van der Waals surface area (Å²) in [5, 5.41) is 0. The SMILES string of the molecule is O=C(Cc1ccccn1)Cc1ccccn1. The Morgan fingerprint density at radius 1 is 0.875 bits per heavy atom. The van der Waals surface area contributed by atoms with Crippen LogP contribution in [0.4, 0.5) is 0 Å². The molecule has 0 aliphatic heterocycles. The molecule has 2 aromatic heterocycles. The Kier molecular flexibility index (Phi) is 3.38. The Balaban J connectivity index is 1.95. The molecule has 0 aromatic carbocycles. The highest BCUT2D eigenvalue weighted by Gasteiger charge is 2.06. The summed E-state index contributed by atoms with van der Waals surface area (Å²) < 4.78 is 0. The third kappa shape index (κ3) is 2.98. The average Bonchev–Trinajstić information content (AvgIpc) is 2.31. The summed E-state index contributed by atoms with van der Waals surface area (Å²) in [6, 6.07) is 11.2. The fourth-order valence-corrected chi connectivity index (χ4v) is 1.47. The van der Waals surface area contributed by atoms with Crippen molar-refractivity contribution in [1.82, 2.24) is 9.97 Å². The third-order valence-corrected chi connectivity index (χ3v) is 2.21. The summed E-state index contributed by atoms with van der Waals surface area (Å²) in [5.74, 6) is 0.136. The van der Waals surface area contributed by atoms with E-state index in [9.17, 15) is 4.79 Å². The lowest BCUT2D eigenvalue weighted by Gasteiger charge is -2.00. The maximum absolute atomic E-state index is 11.7. The first kappa shape index (κ1) is 10.5. The summed E-state index contributed by atoms with van der Waals surface area (Å²) in [6.45, 7) is 0. The van der Waals surface area contributed by atoms with Crippen molar-refractivity contribution >= 4 is 5.78 Å². The maximum atomic E-state index is 11.7. The van der Waals surface area contributed by atoms with Crippen molar-refractivity contribution in [2.24, 2.45) is 0 Å². The molecule has 0 N–H and O–H groups in total. The molecule has 0 atom stereocenters. The third-order valence-electron chi connectivity index (χ3n) is 2.21. The van der Waals surface area contributed by atoms with Crippen LogP contribution in [0.3, 0.4) is 0 Å². The number of aromatic nitrogens is 2. The summed E-state index contributed by atoms with van der Waals surface area (Å²) in [5.41, 5.74) is 1.62. The van der Waals surface area contributed by atoms with Crippen molar-refractivity contribution < 1.29 is 4.79 Å². The Hall–Kier alpha value is -2.03. The van der Waals surface area contributed by atoms with E-state index in [0.717, 1.165) is 11.4 Å². The lowest BCUT2D eigenvalue weighted by Crippen LogP contribution is -2.08. The van der Waals surface area contributed by atoms with E-state index in [1.165, 1.54) is 0 Å². The number of nitrogens with zero attached hydrogens (tertiary/aromatic N) is 2. The number of rotatable bonds is 4. The van der Waals surface area contributed by atoms with Crippen molar-refractivity contribution in [3.63, 3.8) is 0 Å². The van der Waals surface area contributed by atoms with E-state index in [1.807, 2.05) is 36.4 Å². The first-order valence-electron chi connectivity index (χ1n) is 5.16. The van der Waals surface area contributed by atoms with E-state index in [-0.39, 0.29) is 5.78 Å². The standard InChI is InChI=1S/C13H12N2O/c16-13(9-11-5-1-3-7-14-11)10-12-6-2-4-8-15-12/h1-8H,9-10H2. The highest BCUT2D eigenvalue weighted by atomic mass is 16.1. The van der Waals surface area contributed by atoms with Crippen molar-refractivity contribution in [3.05, 3.63) is 60.2 Å². The average molecular weight is 212 g/mol. The predicted octanol–water partition coefficient (Wildman–Crippen LogP) is 1.83. The van der Waals surface area contributed by atoms with Crippen LogP contribution in [-0.4, -0.2) is 15.8 Å². The quantitative estimate of drug-likeness (QED) is 0.776. The minimum atomic E-state index is 0.136. The van der Waals surface area contributed by atoms with Gasteiger partial charge in [0.1, 0.15) is 5.78 Å². The number of Topliss-reactive ketones (excluding diaryl/α,β-unsaturated/α-hetero) is 1. The zero-order chi connectivity index (χ0) is 11.2. The highest BCUT2D eigenvalue weighted by molar-refractivity contribution is 5.82. The van der Waals surface area contributed by atoms with Gasteiger partial charge in [-0.05, 0) is 24.3 Å². The van der Waals surface area contributed by atoms with Crippen molar-refractivity contribution in [2.45, 2.75) is 12.8 Å². The van der Waals surface area contributed by atoms with Gasteiger partial charge < -0.3 is 0 Å². The molecule has 2 rings (SSSR count). The van der Waals surface area contributed by atoms with Crippen LogP contribution in [0.25, 0.3) is 0 Å². The maximum Gasteiger partial charge on any atom is 0.144 e. The van der Waals surface area contributed by atoms with Crippen LogP contribution in [0.1, 0.15) is 11.4 Å². The fraction of sp³-hybridized carbons (Fsp3) is 0.154. The molecule has 3 nitrogen and oxygen atoms in total. The van der Waals surface area contributed by atoms with Gasteiger partial charge >= 0.3 is 0 Å². The molecule has 16 heavy (non-hydrogen) atoms. The van der Waals surface area contributed by atoms with Gasteiger partial charge in [-0.25, -0.2) is 0 Å². The lowest BCUT2D eigenvalue weighted by atomic mass is 10.1. The van der Waals surface area contributed by atoms with Gasteiger partial charge in [-0.3, -0.25) is 14.8 Å². The molecule has 2 aromatic rings. The van der Waals surface area contributed by atoms with Gasteiger partial charge in [-0.1, -0.05) is 12.1 Å². The molecule has 0 unspecified atom stereocenters. The van der Waals surface area contributed by atoms with E-state index in [1.54, 1.807) is 12.4 Å². The van der Waals surface area contributed by atoms with E-state index in [2.05, 4.69) is 9.97 Å². The molecule has 3 heteroatoms. The molecule has 0 spiro atoms. The largest absolute Gasteiger partial charge is 0.299 e. The second-order valence-electron chi connectivity index (χ2n) is 3.53. The molecule has 80 valence electrons. The first-order chi connectivity index (χ1) is 7.84. The zero-order valence-electron chi connectivity index (χ0n) is 8.84. The molecular formula is C13H12N2O. The lowest BCUT2D eigenvalue weighted by molar-refractivity contribution is -0.117. The molecule has 0 saturated carbocycles. The van der Waals surface area contributed by atoms with Crippen molar-refractivity contribution in [3.8, 4) is 0 Å². The van der Waals surface area contributed by atoms with Gasteiger partial charge in [-0.2, -0.15) is 0 Å². The monoisotopic (exact) mass is 212 g/mol. The molecule has 0 fully saturated rings.